The van der Waals surface area contributed by atoms with Crippen molar-refractivity contribution in [2.75, 3.05) is 25.1 Å². The van der Waals surface area contributed by atoms with Gasteiger partial charge in [0.05, 0.1) is 18.8 Å². The maximum Gasteiger partial charge on any atom is 0.226 e. The number of nitrogens with zero attached hydrogens (tertiary/aromatic N) is 2. The molecule has 0 amide bonds. The Bertz CT molecular complexity index is 365. The summed E-state index contributed by atoms with van der Waals surface area (Å²) in [5, 5.41) is 3.31. The number of ether oxygens (including phenoxy) is 2. The molecule has 0 aromatic carbocycles. The molecule has 0 radical (unpaired) electrons. The lowest BCUT2D eigenvalue weighted by Crippen LogP contribution is -2.35. The smallest absolute Gasteiger partial charge is 0.226 e. The van der Waals surface area contributed by atoms with Crippen molar-refractivity contribution in [3.63, 3.8) is 0 Å². The topological polar surface area (TPSA) is 56.3 Å². The number of rotatable bonds is 5. The second-order valence-corrected chi connectivity index (χ2v) is 4.56. The van der Waals surface area contributed by atoms with Gasteiger partial charge in [0.25, 0.3) is 0 Å². The van der Waals surface area contributed by atoms with Gasteiger partial charge in [-0.05, 0) is 19.8 Å². The Morgan fingerprint density at radius 2 is 2.47 bits per heavy atom. The average molecular weight is 237 g/mol. The lowest BCUT2D eigenvalue weighted by molar-refractivity contribution is 0.185. The van der Waals surface area contributed by atoms with Gasteiger partial charge < -0.3 is 14.8 Å². The van der Waals surface area contributed by atoms with Gasteiger partial charge in [0.15, 0.2) is 0 Å². The third-order valence-electron chi connectivity index (χ3n) is 2.72. The predicted molar refractivity (Wildman–Crippen MR) is 65.3 cm³/mol. The van der Waals surface area contributed by atoms with Crippen LogP contribution in [0.1, 0.15) is 26.7 Å². The maximum absolute atomic E-state index is 5.47. The van der Waals surface area contributed by atoms with Gasteiger partial charge in [-0.3, -0.25) is 0 Å². The molecule has 1 fully saturated rings. The van der Waals surface area contributed by atoms with Crippen LogP contribution in [0.4, 0.5) is 5.95 Å². The minimum Gasteiger partial charge on any atom is -0.478 e. The molecule has 5 heteroatoms. The summed E-state index contributed by atoms with van der Waals surface area (Å²) in [6, 6.07) is 1.77. The van der Waals surface area contributed by atoms with Gasteiger partial charge in [-0.1, -0.05) is 6.92 Å². The fourth-order valence-electron chi connectivity index (χ4n) is 1.72. The van der Waals surface area contributed by atoms with E-state index in [2.05, 4.69) is 29.1 Å². The Morgan fingerprint density at radius 3 is 3.18 bits per heavy atom. The van der Waals surface area contributed by atoms with Crippen LogP contribution in [0.15, 0.2) is 12.3 Å². The van der Waals surface area contributed by atoms with E-state index in [1.165, 1.54) is 0 Å². The lowest BCUT2D eigenvalue weighted by atomic mass is 10.0. The van der Waals surface area contributed by atoms with Gasteiger partial charge in [-0.25, -0.2) is 4.98 Å². The second kappa shape index (κ2) is 5.31. The monoisotopic (exact) mass is 237 g/mol. The van der Waals surface area contributed by atoms with E-state index in [0.29, 0.717) is 25.0 Å². The highest BCUT2D eigenvalue weighted by molar-refractivity contribution is 5.31. The molecule has 1 unspecified atom stereocenters. The van der Waals surface area contributed by atoms with Gasteiger partial charge in [-0.2, -0.15) is 4.98 Å². The van der Waals surface area contributed by atoms with Crippen molar-refractivity contribution in [1.29, 1.82) is 0 Å². The fourth-order valence-corrected chi connectivity index (χ4v) is 1.72. The molecule has 0 saturated carbocycles. The van der Waals surface area contributed by atoms with Gasteiger partial charge >= 0.3 is 0 Å². The number of hydrogen-bond donors (Lipinski definition) is 1. The summed E-state index contributed by atoms with van der Waals surface area (Å²) < 4.78 is 10.8. The van der Waals surface area contributed by atoms with Crippen LogP contribution in [0.2, 0.25) is 0 Å². The number of nitrogens with one attached hydrogen (secondary N) is 1. The van der Waals surface area contributed by atoms with Crippen LogP contribution >= 0.6 is 0 Å². The summed E-state index contributed by atoms with van der Waals surface area (Å²) in [6.07, 6.45) is 3.65. The quantitative estimate of drug-likeness (QED) is 0.847. The molecular weight excluding hydrogens is 218 g/mol. The van der Waals surface area contributed by atoms with E-state index in [-0.39, 0.29) is 5.54 Å². The molecule has 0 bridgehead atoms. The van der Waals surface area contributed by atoms with Crippen molar-refractivity contribution in [1.82, 2.24) is 9.97 Å². The third kappa shape index (κ3) is 3.30. The van der Waals surface area contributed by atoms with Crippen LogP contribution < -0.4 is 10.1 Å². The minimum atomic E-state index is -0.0661. The van der Waals surface area contributed by atoms with Crippen molar-refractivity contribution in [3.8, 4) is 5.88 Å². The molecule has 5 nitrogen and oxygen atoms in total. The zero-order chi connectivity index (χ0) is 12.1. The van der Waals surface area contributed by atoms with E-state index in [1.54, 1.807) is 12.3 Å². The summed E-state index contributed by atoms with van der Waals surface area (Å²) in [5.74, 6) is 1.22. The molecule has 1 N–H and O–H groups in total. The van der Waals surface area contributed by atoms with Crippen LogP contribution in [0.25, 0.3) is 0 Å². The summed E-state index contributed by atoms with van der Waals surface area (Å²) in [7, 11) is 0. The van der Waals surface area contributed by atoms with E-state index in [1.807, 2.05) is 0 Å². The molecule has 17 heavy (non-hydrogen) atoms. The first-order chi connectivity index (χ1) is 8.22. The van der Waals surface area contributed by atoms with Gasteiger partial charge in [-0.15, -0.1) is 0 Å². The van der Waals surface area contributed by atoms with E-state index in [4.69, 9.17) is 9.47 Å². The highest BCUT2D eigenvalue weighted by Gasteiger charge is 2.30. The number of aromatic nitrogens is 2. The standard InChI is InChI=1S/C12H19N3O2/c1-3-7-17-10-4-6-13-11(14-10)15-12(2)5-8-16-9-12/h4,6H,3,5,7-9H2,1-2H3,(H,13,14,15). The first-order valence-electron chi connectivity index (χ1n) is 6.04. The summed E-state index contributed by atoms with van der Waals surface area (Å²) in [4.78, 5) is 8.52. The third-order valence-corrected chi connectivity index (χ3v) is 2.72. The molecule has 2 rings (SSSR count). The van der Waals surface area contributed by atoms with Crippen molar-refractivity contribution >= 4 is 5.95 Å². The first-order valence-corrected chi connectivity index (χ1v) is 6.04. The van der Waals surface area contributed by atoms with E-state index < -0.39 is 0 Å². The number of hydrogen-bond acceptors (Lipinski definition) is 5. The SMILES string of the molecule is CCCOc1ccnc(NC2(C)CCOC2)n1. The Labute approximate surface area is 102 Å². The molecule has 1 saturated heterocycles. The molecule has 1 aliphatic rings. The Kier molecular flexibility index (Phi) is 3.78. The predicted octanol–water partition coefficient (Wildman–Crippen LogP) is 1.86. The van der Waals surface area contributed by atoms with Crippen LogP contribution in [0.5, 0.6) is 5.88 Å². The Hall–Kier alpha value is -1.36. The van der Waals surface area contributed by atoms with E-state index in [0.717, 1.165) is 19.4 Å². The highest BCUT2D eigenvalue weighted by Crippen LogP contribution is 2.22. The lowest BCUT2D eigenvalue weighted by Gasteiger charge is -2.23. The van der Waals surface area contributed by atoms with Crippen molar-refractivity contribution in [2.24, 2.45) is 0 Å². The van der Waals surface area contributed by atoms with Crippen molar-refractivity contribution < 1.29 is 9.47 Å². The molecule has 2 heterocycles. The van der Waals surface area contributed by atoms with Gasteiger partial charge in [0.1, 0.15) is 0 Å². The van der Waals surface area contributed by atoms with E-state index >= 15 is 0 Å². The van der Waals surface area contributed by atoms with Crippen LogP contribution in [0, 0.1) is 0 Å². The molecule has 0 aliphatic carbocycles. The van der Waals surface area contributed by atoms with Gasteiger partial charge in [0.2, 0.25) is 11.8 Å². The van der Waals surface area contributed by atoms with Crippen LogP contribution in [0.3, 0.4) is 0 Å². The molecule has 1 aromatic heterocycles. The second-order valence-electron chi connectivity index (χ2n) is 4.56. The van der Waals surface area contributed by atoms with Crippen molar-refractivity contribution in [2.45, 2.75) is 32.2 Å². The molecule has 1 aliphatic heterocycles. The van der Waals surface area contributed by atoms with Crippen LogP contribution in [-0.4, -0.2) is 35.3 Å². The van der Waals surface area contributed by atoms with Crippen molar-refractivity contribution in [3.05, 3.63) is 12.3 Å². The molecule has 1 atom stereocenters. The molecule has 94 valence electrons. The minimum absolute atomic E-state index is 0.0661. The maximum atomic E-state index is 5.47. The Morgan fingerprint density at radius 1 is 1.59 bits per heavy atom. The molecular formula is C12H19N3O2. The highest BCUT2D eigenvalue weighted by atomic mass is 16.5. The normalized spacial score (nSPS) is 23.6. The Balaban J connectivity index is 2.00. The first kappa shape index (κ1) is 12.1. The zero-order valence-corrected chi connectivity index (χ0v) is 10.4. The summed E-state index contributed by atoms with van der Waals surface area (Å²) in [6.45, 7) is 6.34. The van der Waals surface area contributed by atoms with E-state index in [9.17, 15) is 0 Å². The zero-order valence-electron chi connectivity index (χ0n) is 10.4. The van der Waals surface area contributed by atoms with Crippen LogP contribution in [-0.2, 0) is 4.74 Å². The summed E-state index contributed by atoms with van der Waals surface area (Å²) >= 11 is 0. The van der Waals surface area contributed by atoms with Gasteiger partial charge in [0, 0.05) is 18.9 Å². The molecule has 0 spiro atoms. The fraction of sp³-hybridized carbons (Fsp3) is 0.667. The largest absolute Gasteiger partial charge is 0.478 e. The summed E-state index contributed by atoms with van der Waals surface area (Å²) in [5.41, 5.74) is -0.0661. The number of anilines is 1. The molecule has 1 aromatic rings. The average Bonchev–Trinajstić information content (AvgIpc) is 2.73.